The molecule has 9 nitrogen and oxygen atoms in total. The van der Waals surface area contributed by atoms with E-state index in [2.05, 4.69) is 31.0 Å². The van der Waals surface area contributed by atoms with Gasteiger partial charge in [-0.3, -0.25) is 9.89 Å². The Hall–Kier alpha value is -3.20. The van der Waals surface area contributed by atoms with E-state index in [0.29, 0.717) is 35.4 Å². The number of carbonyl (C=O) groups excluding carboxylic acids is 1. The Kier molecular flexibility index (Phi) is 4.36. The maximum absolute atomic E-state index is 12.5. The number of hydrogen-bond acceptors (Lipinski definition) is 7. The summed E-state index contributed by atoms with van der Waals surface area (Å²) >= 11 is 0. The Morgan fingerprint density at radius 3 is 2.96 bits per heavy atom. The third kappa shape index (κ3) is 3.42. The molecule has 0 unspecified atom stereocenters. The molecule has 0 bridgehead atoms. The molecular weight excluding hydrogens is 336 g/mol. The number of carbonyl (C=O) groups is 1. The number of hydrogen-bond donors (Lipinski definition) is 3. The van der Waals surface area contributed by atoms with Gasteiger partial charge in [0.25, 0.3) is 5.91 Å². The van der Waals surface area contributed by atoms with Crippen LogP contribution in [-0.4, -0.2) is 32.8 Å². The number of aromatic nitrogens is 4. The molecule has 26 heavy (non-hydrogen) atoms. The molecule has 0 atom stereocenters. The van der Waals surface area contributed by atoms with Crippen LogP contribution in [0, 0.1) is 6.92 Å². The Morgan fingerprint density at radius 1 is 1.35 bits per heavy atom. The van der Waals surface area contributed by atoms with E-state index in [1.165, 1.54) is 0 Å². The van der Waals surface area contributed by atoms with Crippen LogP contribution in [0.1, 0.15) is 33.5 Å². The molecule has 0 spiro atoms. The van der Waals surface area contributed by atoms with E-state index in [1.807, 2.05) is 0 Å². The molecule has 3 heterocycles. The SMILES string of the molecule is Cc1nc(COc2ccc(NC(=O)c3n[nH]c4c3CNCC4)cc2)no1. The lowest BCUT2D eigenvalue weighted by atomic mass is 10.1. The van der Waals surface area contributed by atoms with Crippen molar-refractivity contribution >= 4 is 11.6 Å². The third-order valence-corrected chi connectivity index (χ3v) is 4.07. The molecule has 3 aromatic rings. The molecular formula is C17H18N6O3. The lowest BCUT2D eigenvalue weighted by molar-refractivity contribution is 0.102. The molecule has 0 aliphatic carbocycles. The summed E-state index contributed by atoms with van der Waals surface area (Å²) in [7, 11) is 0. The summed E-state index contributed by atoms with van der Waals surface area (Å²) in [5, 5.41) is 17.0. The van der Waals surface area contributed by atoms with E-state index in [1.54, 1.807) is 31.2 Å². The highest BCUT2D eigenvalue weighted by molar-refractivity contribution is 6.04. The molecule has 0 saturated carbocycles. The first-order valence-electron chi connectivity index (χ1n) is 8.29. The van der Waals surface area contributed by atoms with E-state index in [4.69, 9.17) is 9.26 Å². The molecule has 9 heteroatoms. The quantitative estimate of drug-likeness (QED) is 0.636. The second kappa shape index (κ2) is 6.96. The molecule has 0 fully saturated rings. The van der Waals surface area contributed by atoms with E-state index in [9.17, 15) is 4.79 Å². The number of H-pyrrole nitrogens is 1. The number of nitrogens with one attached hydrogen (secondary N) is 3. The van der Waals surface area contributed by atoms with Crippen LogP contribution in [0.15, 0.2) is 28.8 Å². The first kappa shape index (κ1) is 16.3. The van der Waals surface area contributed by atoms with Crippen molar-refractivity contribution in [3.8, 4) is 5.75 Å². The summed E-state index contributed by atoms with van der Waals surface area (Å²) < 4.78 is 10.5. The van der Waals surface area contributed by atoms with Crippen molar-refractivity contribution in [2.45, 2.75) is 26.5 Å². The summed E-state index contributed by atoms with van der Waals surface area (Å²) in [5.41, 5.74) is 3.05. The standard InChI is InChI=1S/C17H18N6O3/c1-10-19-15(23-26-10)9-25-12-4-2-11(3-5-12)20-17(24)16-13-8-18-7-6-14(13)21-22-16/h2-5,18H,6-9H2,1H3,(H,20,24)(H,21,22). The number of aryl methyl sites for hydroxylation is 1. The monoisotopic (exact) mass is 354 g/mol. The third-order valence-electron chi connectivity index (χ3n) is 4.07. The van der Waals surface area contributed by atoms with Crippen molar-refractivity contribution in [1.29, 1.82) is 0 Å². The van der Waals surface area contributed by atoms with Gasteiger partial charge in [0, 0.05) is 43.4 Å². The predicted molar refractivity (Wildman–Crippen MR) is 91.8 cm³/mol. The Labute approximate surface area is 149 Å². The first-order chi connectivity index (χ1) is 12.7. The number of ether oxygens (including phenoxy) is 1. The topological polar surface area (TPSA) is 118 Å². The zero-order chi connectivity index (χ0) is 17.9. The Morgan fingerprint density at radius 2 is 2.19 bits per heavy atom. The fourth-order valence-corrected chi connectivity index (χ4v) is 2.79. The van der Waals surface area contributed by atoms with Crippen molar-refractivity contribution in [2.75, 3.05) is 11.9 Å². The van der Waals surface area contributed by atoms with E-state index < -0.39 is 0 Å². The Balaban J connectivity index is 1.38. The number of rotatable bonds is 5. The molecule has 0 saturated heterocycles. The van der Waals surface area contributed by atoms with Crippen LogP contribution in [0.3, 0.4) is 0 Å². The average molecular weight is 354 g/mol. The largest absolute Gasteiger partial charge is 0.485 e. The zero-order valence-corrected chi connectivity index (χ0v) is 14.2. The number of amides is 1. The molecule has 2 aromatic heterocycles. The summed E-state index contributed by atoms with van der Waals surface area (Å²) in [6, 6.07) is 7.08. The van der Waals surface area contributed by atoms with Gasteiger partial charge in [0.1, 0.15) is 5.75 Å². The van der Waals surface area contributed by atoms with Crippen LogP contribution >= 0.6 is 0 Å². The minimum absolute atomic E-state index is 0.218. The van der Waals surface area contributed by atoms with Crippen LogP contribution in [-0.2, 0) is 19.6 Å². The lowest BCUT2D eigenvalue weighted by Gasteiger charge is -2.13. The zero-order valence-electron chi connectivity index (χ0n) is 14.2. The van der Waals surface area contributed by atoms with Gasteiger partial charge in [-0.15, -0.1) is 0 Å². The lowest BCUT2D eigenvalue weighted by Crippen LogP contribution is -2.25. The first-order valence-corrected chi connectivity index (χ1v) is 8.29. The normalized spacial score (nSPS) is 13.3. The van der Waals surface area contributed by atoms with Crippen LogP contribution in [0.25, 0.3) is 0 Å². The number of fused-ring (bicyclic) bond motifs is 1. The molecule has 134 valence electrons. The van der Waals surface area contributed by atoms with Gasteiger partial charge in [-0.05, 0) is 24.3 Å². The summed E-state index contributed by atoms with van der Waals surface area (Å²) in [6.45, 7) is 3.48. The van der Waals surface area contributed by atoms with Gasteiger partial charge in [0.05, 0.1) is 0 Å². The molecule has 0 radical (unpaired) electrons. The van der Waals surface area contributed by atoms with Crippen LogP contribution in [0.4, 0.5) is 5.69 Å². The Bertz CT molecular complexity index is 915. The van der Waals surface area contributed by atoms with Gasteiger partial charge in [-0.2, -0.15) is 10.1 Å². The van der Waals surface area contributed by atoms with Gasteiger partial charge in [0.2, 0.25) is 11.7 Å². The van der Waals surface area contributed by atoms with Gasteiger partial charge in [-0.25, -0.2) is 0 Å². The fraction of sp³-hybridized carbons (Fsp3) is 0.294. The second-order valence-electron chi connectivity index (χ2n) is 5.95. The van der Waals surface area contributed by atoms with Crippen molar-refractivity contribution < 1.29 is 14.1 Å². The van der Waals surface area contributed by atoms with Gasteiger partial charge in [-0.1, -0.05) is 5.16 Å². The minimum atomic E-state index is -0.234. The van der Waals surface area contributed by atoms with Crippen LogP contribution in [0.5, 0.6) is 5.75 Å². The second-order valence-corrected chi connectivity index (χ2v) is 5.95. The summed E-state index contributed by atoms with van der Waals surface area (Å²) in [5.74, 6) is 1.39. The molecule has 4 rings (SSSR count). The van der Waals surface area contributed by atoms with Crippen molar-refractivity contribution in [2.24, 2.45) is 0 Å². The predicted octanol–water partition coefficient (Wildman–Crippen LogP) is 1.58. The maximum atomic E-state index is 12.5. The van der Waals surface area contributed by atoms with Gasteiger partial charge < -0.3 is 19.9 Å². The summed E-state index contributed by atoms with van der Waals surface area (Å²) in [6.07, 6.45) is 0.849. The molecule has 1 aliphatic rings. The molecule has 3 N–H and O–H groups in total. The van der Waals surface area contributed by atoms with Crippen molar-refractivity contribution in [1.82, 2.24) is 25.7 Å². The van der Waals surface area contributed by atoms with Gasteiger partial charge >= 0.3 is 0 Å². The number of aromatic amines is 1. The van der Waals surface area contributed by atoms with Crippen molar-refractivity contribution in [3.63, 3.8) is 0 Å². The van der Waals surface area contributed by atoms with Gasteiger partial charge in [0.15, 0.2) is 12.3 Å². The minimum Gasteiger partial charge on any atom is -0.485 e. The fourth-order valence-electron chi connectivity index (χ4n) is 2.79. The average Bonchev–Trinajstić information content (AvgIpc) is 3.27. The number of benzene rings is 1. The maximum Gasteiger partial charge on any atom is 0.276 e. The smallest absolute Gasteiger partial charge is 0.276 e. The highest BCUT2D eigenvalue weighted by Crippen LogP contribution is 2.19. The van der Waals surface area contributed by atoms with E-state index >= 15 is 0 Å². The highest BCUT2D eigenvalue weighted by atomic mass is 16.5. The molecule has 1 aliphatic heterocycles. The van der Waals surface area contributed by atoms with Crippen molar-refractivity contribution in [3.05, 3.63) is 52.9 Å². The highest BCUT2D eigenvalue weighted by Gasteiger charge is 2.21. The number of nitrogens with zero attached hydrogens (tertiary/aromatic N) is 3. The van der Waals surface area contributed by atoms with Crippen LogP contribution < -0.4 is 15.4 Å². The van der Waals surface area contributed by atoms with Crippen LogP contribution in [0.2, 0.25) is 0 Å². The molecule has 1 amide bonds. The van der Waals surface area contributed by atoms with E-state index in [-0.39, 0.29) is 12.5 Å². The summed E-state index contributed by atoms with van der Waals surface area (Å²) in [4.78, 5) is 16.5. The molecule has 1 aromatic carbocycles. The van der Waals surface area contributed by atoms with E-state index in [0.717, 1.165) is 24.2 Å². The number of anilines is 1.